The van der Waals surface area contributed by atoms with E-state index in [9.17, 15) is 4.79 Å². The van der Waals surface area contributed by atoms with E-state index in [4.69, 9.17) is 12.2 Å². The summed E-state index contributed by atoms with van der Waals surface area (Å²) in [6.45, 7) is 3.35. The molecule has 0 aromatic carbocycles. The van der Waals surface area contributed by atoms with Gasteiger partial charge in [0.15, 0.2) is 4.32 Å². The number of thiocarbonyl (C=S) groups is 1. The van der Waals surface area contributed by atoms with Crippen LogP contribution in [0.25, 0.3) is 0 Å². The van der Waals surface area contributed by atoms with Gasteiger partial charge in [0, 0.05) is 20.0 Å². The fraction of sp³-hybridized carbons (Fsp3) is 0.714. The summed E-state index contributed by atoms with van der Waals surface area (Å²) < 4.78 is 5.14. The SMILES string of the molecule is CC(=O)OSC(=S)NN1CCCC1. The Kier molecular flexibility index (Phi) is 4.47. The van der Waals surface area contributed by atoms with Gasteiger partial charge in [0.25, 0.3) is 0 Å². The Labute approximate surface area is 87.2 Å². The van der Waals surface area contributed by atoms with Crippen molar-refractivity contribution in [2.45, 2.75) is 19.8 Å². The molecule has 74 valence electrons. The number of carbonyl (C=O) groups excluding carboxylic acids is 1. The Morgan fingerprint density at radius 1 is 1.54 bits per heavy atom. The standard InChI is InChI=1S/C7H12N2O2S2/c1-6(10)11-13-7(12)8-9-4-2-3-5-9/h2-5H2,1H3,(H,8,12). The maximum atomic E-state index is 10.4. The molecule has 0 unspecified atom stereocenters. The smallest absolute Gasteiger partial charge is 0.315 e. The first-order valence-electron chi connectivity index (χ1n) is 4.09. The van der Waals surface area contributed by atoms with Crippen molar-refractivity contribution < 1.29 is 8.98 Å². The minimum atomic E-state index is -0.337. The monoisotopic (exact) mass is 220 g/mol. The second-order valence-electron chi connectivity index (χ2n) is 2.75. The molecule has 1 saturated heterocycles. The predicted molar refractivity (Wildman–Crippen MR) is 55.9 cm³/mol. The highest BCUT2D eigenvalue weighted by Gasteiger charge is 2.13. The third-order valence-electron chi connectivity index (χ3n) is 1.59. The molecule has 0 aromatic heterocycles. The molecule has 1 N–H and O–H groups in total. The van der Waals surface area contributed by atoms with Crippen LogP contribution in [0.2, 0.25) is 0 Å². The molecule has 4 nitrogen and oxygen atoms in total. The number of nitrogens with zero attached hydrogens (tertiary/aromatic N) is 1. The van der Waals surface area contributed by atoms with Crippen molar-refractivity contribution in [1.29, 1.82) is 0 Å². The zero-order chi connectivity index (χ0) is 9.68. The van der Waals surface area contributed by atoms with E-state index in [1.165, 1.54) is 19.8 Å². The summed E-state index contributed by atoms with van der Waals surface area (Å²) in [6.07, 6.45) is 2.38. The third kappa shape index (κ3) is 4.44. The van der Waals surface area contributed by atoms with Crippen molar-refractivity contribution in [2.75, 3.05) is 13.1 Å². The van der Waals surface area contributed by atoms with Crippen LogP contribution in [0.15, 0.2) is 0 Å². The van der Waals surface area contributed by atoms with E-state index in [0.717, 1.165) is 25.1 Å². The van der Waals surface area contributed by atoms with Crippen LogP contribution in [0, 0.1) is 0 Å². The molecule has 1 aliphatic rings. The highest BCUT2D eigenvalue weighted by atomic mass is 32.2. The maximum Gasteiger partial charge on any atom is 0.315 e. The van der Waals surface area contributed by atoms with Crippen LogP contribution in [0.1, 0.15) is 19.8 Å². The van der Waals surface area contributed by atoms with Gasteiger partial charge in [0.05, 0.1) is 0 Å². The lowest BCUT2D eigenvalue weighted by Crippen LogP contribution is -2.37. The molecule has 0 bridgehead atoms. The summed E-state index contributed by atoms with van der Waals surface area (Å²) in [7, 11) is 0. The number of rotatable bonds is 1. The molecule has 0 aliphatic carbocycles. The molecule has 1 rings (SSSR count). The van der Waals surface area contributed by atoms with Gasteiger partial charge >= 0.3 is 5.97 Å². The van der Waals surface area contributed by atoms with Gasteiger partial charge in [-0.05, 0) is 25.1 Å². The van der Waals surface area contributed by atoms with E-state index in [1.54, 1.807) is 0 Å². The van der Waals surface area contributed by atoms with Gasteiger partial charge in [-0.1, -0.05) is 0 Å². The maximum absolute atomic E-state index is 10.4. The van der Waals surface area contributed by atoms with Crippen LogP contribution < -0.4 is 5.43 Å². The summed E-state index contributed by atoms with van der Waals surface area (Å²) >= 11 is 5.84. The van der Waals surface area contributed by atoms with E-state index in [0.29, 0.717) is 4.32 Å². The van der Waals surface area contributed by atoms with Crippen molar-refractivity contribution in [2.24, 2.45) is 0 Å². The van der Waals surface area contributed by atoms with E-state index in [-0.39, 0.29) is 5.97 Å². The predicted octanol–water partition coefficient (Wildman–Crippen LogP) is 1.08. The highest BCUT2D eigenvalue weighted by molar-refractivity contribution is 8.20. The molecule has 0 aromatic rings. The summed E-state index contributed by atoms with van der Waals surface area (Å²) in [4.78, 5) is 10.4. The first kappa shape index (κ1) is 10.7. The molecule has 1 aliphatic heterocycles. The minimum absolute atomic E-state index is 0.337. The lowest BCUT2D eigenvalue weighted by molar-refractivity contribution is -0.130. The average molecular weight is 220 g/mol. The van der Waals surface area contributed by atoms with Crippen molar-refractivity contribution >= 4 is 34.6 Å². The fourth-order valence-corrected chi connectivity index (χ4v) is 1.66. The Balaban J connectivity index is 2.13. The molecule has 1 heterocycles. The number of nitrogens with one attached hydrogen (secondary N) is 1. The lowest BCUT2D eigenvalue weighted by atomic mass is 10.4. The van der Waals surface area contributed by atoms with Crippen LogP contribution in [-0.4, -0.2) is 28.4 Å². The second-order valence-corrected chi connectivity index (χ2v) is 4.16. The van der Waals surface area contributed by atoms with Gasteiger partial charge < -0.3 is 9.61 Å². The van der Waals surface area contributed by atoms with Crippen LogP contribution in [0.5, 0.6) is 0 Å². The van der Waals surface area contributed by atoms with Crippen molar-refractivity contribution in [1.82, 2.24) is 10.4 Å². The first-order chi connectivity index (χ1) is 6.18. The summed E-state index contributed by atoms with van der Waals surface area (Å²) in [5.74, 6) is -0.337. The number of hydrogen-bond acceptors (Lipinski definition) is 5. The Morgan fingerprint density at radius 2 is 2.15 bits per heavy atom. The van der Waals surface area contributed by atoms with Crippen LogP contribution >= 0.6 is 24.3 Å². The molecule has 6 heteroatoms. The van der Waals surface area contributed by atoms with Crippen LogP contribution in [0.4, 0.5) is 0 Å². The van der Waals surface area contributed by atoms with Crippen molar-refractivity contribution in [3.8, 4) is 0 Å². The Bertz CT molecular complexity index is 205. The van der Waals surface area contributed by atoms with Gasteiger partial charge in [-0.15, -0.1) is 0 Å². The lowest BCUT2D eigenvalue weighted by Gasteiger charge is -2.16. The van der Waals surface area contributed by atoms with E-state index in [2.05, 4.69) is 9.61 Å². The molecule has 13 heavy (non-hydrogen) atoms. The molecule has 0 saturated carbocycles. The topological polar surface area (TPSA) is 41.6 Å². The molecule has 0 radical (unpaired) electrons. The summed E-state index contributed by atoms with van der Waals surface area (Å²) in [6, 6.07) is 0. The van der Waals surface area contributed by atoms with Crippen molar-refractivity contribution in [3.63, 3.8) is 0 Å². The van der Waals surface area contributed by atoms with Gasteiger partial charge in [-0.25, -0.2) is 5.01 Å². The van der Waals surface area contributed by atoms with Crippen LogP contribution in [0.3, 0.4) is 0 Å². The van der Waals surface area contributed by atoms with Crippen molar-refractivity contribution in [3.05, 3.63) is 0 Å². The molecule has 0 spiro atoms. The molecular formula is C7H12N2O2S2. The molecular weight excluding hydrogens is 208 g/mol. The summed E-state index contributed by atoms with van der Waals surface area (Å²) in [5.41, 5.74) is 2.98. The Morgan fingerprint density at radius 3 is 2.69 bits per heavy atom. The Hall–Kier alpha value is -0.330. The zero-order valence-corrected chi connectivity index (χ0v) is 9.04. The number of carbonyl (C=O) groups is 1. The largest absolute Gasteiger partial charge is 0.384 e. The van der Waals surface area contributed by atoms with Gasteiger partial charge in [-0.2, -0.15) is 0 Å². The number of hydrogen-bond donors (Lipinski definition) is 1. The van der Waals surface area contributed by atoms with Crippen LogP contribution in [-0.2, 0) is 8.98 Å². The molecule has 0 amide bonds. The normalized spacial score (nSPS) is 17.0. The number of hydrazine groups is 1. The molecule has 1 fully saturated rings. The van der Waals surface area contributed by atoms with Gasteiger partial charge in [-0.3, -0.25) is 4.79 Å². The quantitative estimate of drug-likeness (QED) is 0.527. The third-order valence-corrected chi connectivity index (χ3v) is 2.45. The van der Waals surface area contributed by atoms with E-state index in [1.807, 2.05) is 5.01 Å². The average Bonchev–Trinajstić information content (AvgIpc) is 2.53. The van der Waals surface area contributed by atoms with E-state index < -0.39 is 0 Å². The zero-order valence-electron chi connectivity index (χ0n) is 7.41. The summed E-state index contributed by atoms with van der Waals surface area (Å²) in [5, 5.41) is 2.03. The second kappa shape index (κ2) is 5.41. The van der Waals surface area contributed by atoms with E-state index >= 15 is 0 Å². The highest BCUT2D eigenvalue weighted by Crippen LogP contribution is 2.08. The minimum Gasteiger partial charge on any atom is -0.384 e. The van der Waals surface area contributed by atoms with Gasteiger partial charge in [0.2, 0.25) is 0 Å². The fourth-order valence-electron chi connectivity index (χ4n) is 1.07. The van der Waals surface area contributed by atoms with Gasteiger partial charge in [0.1, 0.15) is 12.0 Å². The molecule has 0 atom stereocenters. The first-order valence-corrected chi connectivity index (χ1v) is 5.24.